The highest BCUT2D eigenvalue weighted by Crippen LogP contribution is 2.30. The molecule has 0 aliphatic carbocycles. The first-order chi connectivity index (χ1) is 15.0. The maximum Gasteiger partial charge on any atom is 0.261 e. The molecule has 0 amide bonds. The molecule has 0 saturated carbocycles. The Labute approximate surface area is 188 Å². The van der Waals surface area contributed by atoms with Crippen molar-refractivity contribution in [1.82, 2.24) is 19.2 Å². The van der Waals surface area contributed by atoms with Gasteiger partial charge in [-0.25, -0.2) is 9.50 Å². The van der Waals surface area contributed by atoms with E-state index in [0.29, 0.717) is 22.0 Å². The van der Waals surface area contributed by atoms with Crippen LogP contribution >= 0.6 is 23.2 Å². The van der Waals surface area contributed by atoms with Gasteiger partial charge in [-0.15, -0.1) is 0 Å². The summed E-state index contributed by atoms with van der Waals surface area (Å²) in [7, 11) is 0. The highest BCUT2D eigenvalue weighted by atomic mass is 35.5. The molecule has 0 fully saturated rings. The number of nitrogens with zero attached hydrogens (tertiary/aromatic N) is 4. The van der Waals surface area contributed by atoms with E-state index in [1.54, 1.807) is 21.5 Å². The second-order valence-electron chi connectivity index (χ2n) is 7.35. The van der Waals surface area contributed by atoms with Gasteiger partial charge in [-0.3, -0.25) is 4.79 Å². The summed E-state index contributed by atoms with van der Waals surface area (Å²) in [6.45, 7) is 2.52. The number of hydrogen-bond acceptors (Lipinski definition) is 3. The van der Waals surface area contributed by atoms with Gasteiger partial charge in [-0.2, -0.15) is 5.10 Å². The smallest absolute Gasteiger partial charge is 0.261 e. The quantitative estimate of drug-likeness (QED) is 0.358. The van der Waals surface area contributed by atoms with Crippen LogP contribution in [-0.4, -0.2) is 19.2 Å². The van der Waals surface area contributed by atoms with Crippen molar-refractivity contribution >= 4 is 39.8 Å². The zero-order chi connectivity index (χ0) is 21.5. The van der Waals surface area contributed by atoms with Crippen LogP contribution in [0.5, 0.6) is 0 Å². The second-order valence-corrected chi connectivity index (χ2v) is 8.22. The maximum absolute atomic E-state index is 13.2. The standard InChI is InChI=1S/C24H18Cl2N4O/c1-2-20-22(16-5-9-18(26)10-6-16)23-27-13-19-21(30(23)28-20)11-12-29(24(19)31)14-15-3-7-17(25)8-4-15/h3-13H,2,14H2,1H3. The van der Waals surface area contributed by atoms with E-state index in [4.69, 9.17) is 28.3 Å². The van der Waals surface area contributed by atoms with Crippen molar-refractivity contribution in [2.75, 3.05) is 0 Å². The van der Waals surface area contributed by atoms with Gasteiger partial charge >= 0.3 is 0 Å². The number of hydrogen-bond donors (Lipinski definition) is 0. The van der Waals surface area contributed by atoms with Gasteiger partial charge in [-0.05, 0) is 47.9 Å². The Bertz CT molecular complexity index is 1470. The predicted octanol–water partition coefficient (Wildman–Crippen LogP) is 5.63. The van der Waals surface area contributed by atoms with Crippen LogP contribution in [-0.2, 0) is 13.0 Å². The molecular formula is C24H18Cl2N4O. The van der Waals surface area contributed by atoms with Gasteiger partial charge in [0.05, 0.1) is 23.1 Å². The maximum atomic E-state index is 13.2. The zero-order valence-corrected chi connectivity index (χ0v) is 18.2. The molecule has 0 unspecified atom stereocenters. The fourth-order valence-corrected chi connectivity index (χ4v) is 4.08. The fraction of sp³-hybridized carbons (Fsp3) is 0.125. The molecule has 3 aromatic heterocycles. The van der Waals surface area contributed by atoms with Crippen molar-refractivity contribution in [3.8, 4) is 11.1 Å². The van der Waals surface area contributed by atoms with Gasteiger partial charge in [0.1, 0.15) is 0 Å². The summed E-state index contributed by atoms with van der Waals surface area (Å²) in [6, 6.07) is 17.0. The molecule has 5 nitrogen and oxygen atoms in total. The molecule has 0 aliphatic rings. The molecular weight excluding hydrogens is 431 g/mol. The van der Waals surface area contributed by atoms with Crippen LogP contribution < -0.4 is 5.56 Å². The molecule has 3 heterocycles. The normalized spacial score (nSPS) is 11.5. The Kier molecular flexibility index (Phi) is 5.00. The summed E-state index contributed by atoms with van der Waals surface area (Å²) < 4.78 is 3.44. The number of benzene rings is 2. The van der Waals surface area contributed by atoms with Gasteiger partial charge in [0.25, 0.3) is 5.56 Å². The minimum Gasteiger partial charge on any atom is -0.310 e. The third-order valence-corrected chi connectivity index (χ3v) is 5.90. The number of fused-ring (bicyclic) bond motifs is 3. The van der Waals surface area contributed by atoms with Gasteiger partial charge in [0.15, 0.2) is 5.65 Å². The Morgan fingerprint density at radius 3 is 2.29 bits per heavy atom. The lowest BCUT2D eigenvalue weighted by atomic mass is 10.0. The summed E-state index contributed by atoms with van der Waals surface area (Å²) in [4.78, 5) is 17.8. The van der Waals surface area contributed by atoms with Gasteiger partial charge in [0.2, 0.25) is 0 Å². The molecule has 0 N–H and O–H groups in total. The predicted molar refractivity (Wildman–Crippen MR) is 125 cm³/mol. The van der Waals surface area contributed by atoms with Crippen LogP contribution in [0.15, 0.2) is 71.8 Å². The van der Waals surface area contributed by atoms with E-state index in [-0.39, 0.29) is 5.56 Å². The van der Waals surface area contributed by atoms with Crippen molar-refractivity contribution in [3.63, 3.8) is 0 Å². The van der Waals surface area contributed by atoms with Crippen molar-refractivity contribution in [2.45, 2.75) is 19.9 Å². The monoisotopic (exact) mass is 448 g/mol. The van der Waals surface area contributed by atoms with Crippen LogP contribution in [0.2, 0.25) is 10.0 Å². The third-order valence-electron chi connectivity index (χ3n) is 5.39. The number of halogens is 2. The molecule has 0 radical (unpaired) electrons. The highest BCUT2D eigenvalue weighted by molar-refractivity contribution is 6.30. The van der Waals surface area contributed by atoms with E-state index in [0.717, 1.165) is 40.0 Å². The first-order valence-electron chi connectivity index (χ1n) is 9.95. The third kappa shape index (κ3) is 3.50. The molecule has 0 spiro atoms. The van der Waals surface area contributed by atoms with Crippen LogP contribution in [0.1, 0.15) is 18.2 Å². The minimum atomic E-state index is -0.108. The largest absolute Gasteiger partial charge is 0.310 e. The molecule has 7 heteroatoms. The highest BCUT2D eigenvalue weighted by Gasteiger charge is 2.17. The van der Waals surface area contributed by atoms with E-state index in [1.165, 1.54) is 0 Å². The van der Waals surface area contributed by atoms with Crippen molar-refractivity contribution < 1.29 is 0 Å². The molecule has 0 aliphatic heterocycles. The van der Waals surface area contributed by atoms with E-state index in [1.807, 2.05) is 54.6 Å². The lowest BCUT2D eigenvalue weighted by Crippen LogP contribution is -2.21. The lowest BCUT2D eigenvalue weighted by molar-refractivity contribution is 0.765. The lowest BCUT2D eigenvalue weighted by Gasteiger charge is -2.08. The summed E-state index contributed by atoms with van der Waals surface area (Å²) >= 11 is 12.0. The van der Waals surface area contributed by atoms with E-state index in [9.17, 15) is 4.79 Å². The second kappa shape index (κ2) is 7.84. The van der Waals surface area contributed by atoms with Gasteiger partial charge in [-0.1, -0.05) is 54.4 Å². The van der Waals surface area contributed by atoms with Gasteiger partial charge < -0.3 is 4.57 Å². The molecule has 0 saturated heterocycles. The zero-order valence-electron chi connectivity index (χ0n) is 16.7. The molecule has 5 rings (SSSR count). The summed E-state index contributed by atoms with van der Waals surface area (Å²) in [5, 5.41) is 6.65. The summed E-state index contributed by atoms with van der Waals surface area (Å²) in [5.74, 6) is 0. The topological polar surface area (TPSA) is 52.2 Å². The first kappa shape index (κ1) is 19.8. The molecule has 154 valence electrons. The Morgan fingerprint density at radius 2 is 1.61 bits per heavy atom. The summed E-state index contributed by atoms with van der Waals surface area (Å²) in [5.41, 5.74) is 5.23. The van der Waals surface area contributed by atoms with Crippen molar-refractivity contribution in [2.24, 2.45) is 0 Å². The molecule has 0 bridgehead atoms. The van der Waals surface area contributed by atoms with Crippen LogP contribution in [0.4, 0.5) is 0 Å². The van der Waals surface area contributed by atoms with Crippen LogP contribution in [0.25, 0.3) is 27.7 Å². The SMILES string of the molecule is CCc1nn2c(ncc3c(=O)n(Cc4ccc(Cl)cc4)ccc32)c1-c1ccc(Cl)cc1. The van der Waals surface area contributed by atoms with E-state index < -0.39 is 0 Å². The van der Waals surface area contributed by atoms with E-state index >= 15 is 0 Å². The van der Waals surface area contributed by atoms with Crippen LogP contribution in [0.3, 0.4) is 0 Å². The molecule has 2 aromatic carbocycles. The Balaban J connectivity index is 1.67. The number of rotatable bonds is 4. The molecule has 31 heavy (non-hydrogen) atoms. The molecule has 0 atom stereocenters. The average Bonchev–Trinajstić information content (AvgIpc) is 3.17. The minimum absolute atomic E-state index is 0.108. The fourth-order valence-electron chi connectivity index (χ4n) is 3.83. The molecule has 5 aromatic rings. The number of aryl methyl sites for hydroxylation is 1. The Hall–Kier alpha value is -3.15. The van der Waals surface area contributed by atoms with Gasteiger partial charge in [0, 0.05) is 28.0 Å². The first-order valence-corrected chi connectivity index (χ1v) is 10.7. The Morgan fingerprint density at radius 1 is 0.935 bits per heavy atom. The van der Waals surface area contributed by atoms with Crippen LogP contribution in [0, 0.1) is 0 Å². The van der Waals surface area contributed by atoms with E-state index in [2.05, 4.69) is 11.9 Å². The number of aromatic nitrogens is 4. The summed E-state index contributed by atoms with van der Waals surface area (Å²) in [6.07, 6.45) is 4.19. The van der Waals surface area contributed by atoms with Crippen molar-refractivity contribution in [1.29, 1.82) is 0 Å². The number of pyridine rings is 1. The van der Waals surface area contributed by atoms with Crippen molar-refractivity contribution in [3.05, 3.63) is 98.6 Å². The average molecular weight is 449 g/mol.